The van der Waals surface area contributed by atoms with Gasteiger partial charge in [-0.25, -0.2) is 0 Å². The number of halogens is 1. The molecule has 1 aromatic rings. The van der Waals surface area contributed by atoms with Crippen molar-refractivity contribution >= 4 is 11.6 Å². The van der Waals surface area contributed by atoms with Gasteiger partial charge >= 0.3 is 0 Å². The van der Waals surface area contributed by atoms with Crippen LogP contribution >= 0.6 is 11.6 Å². The van der Waals surface area contributed by atoms with E-state index < -0.39 is 0 Å². The molecule has 0 aliphatic rings. The van der Waals surface area contributed by atoms with E-state index >= 15 is 0 Å². The number of hydrogen-bond donors (Lipinski definition) is 1. The monoisotopic (exact) mass is 223 g/mol. The summed E-state index contributed by atoms with van der Waals surface area (Å²) in [6, 6.07) is 10.5. The average molecular weight is 224 g/mol. The summed E-state index contributed by atoms with van der Waals surface area (Å²) in [6.45, 7) is 9.64. The second-order valence-corrected chi connectivity index (χ2v) is 4.91. The maximum atomic E-state index is 5.70. The van der Waals surface area contributed by atoms with Gasteiger partial charge in [0.25, 0.3) is 0 Å². The minimum absolute atomic E-state index is 0.119. The molecule has 0 aliphatic carbocycles. The highest BCUT2D eigenvalue weighted by Gasteiger charge is 2.19. The second kappa shape index (κ2) is 5.34. The molecule has 1 nitrogen and oxygen atoms in total. The molecular weight excluding hydrogens is 206 g/mol. The van der Waals surface area contributed by atoms with Gasteiger partial charge in [-0.05, 0) is 5.56 Å². The molecule has 0 amide bonds. The fourth-order valence-corrected chi connectivity index (χ4v) is 1.60. The smallest absolute Gasteiger partial charge is 0.0307 e. The number of hydrogen-bond acceptors (Lipinski definition) is 1. The normalized spacial score (nSPS) is 11.4. The quantitative estimate of drug-likeness (QED) is 0.808. The lowest BCUT2D eigenvalue weighted by molar-refractivity contribution is 0.483. The maximum Gasteiger partial charge on any atom is 0.0307 e. The highest BCUT2D eigenvalue weighted by Crippen LogP contribution is 2.21. The van der Waals surface area contributed by atoms with Gasteiger partial charge in [-0.3, -0.25) is 0 Å². The Balaban J connectivity index is 2.56. The van der Waals surface area contributed by atoms with Crippen molar-refractivity contribution in [1.82, 2.24) is 5.32 Å². The molecule has 1 N–H and O–H groups in total. The lowest BCUT2D eigenvalue weighted by Crippen LogP contribution is -2.33. The van der Waals surface area contributed by atoms with Crippen LogP contribution in [0.15, 0.2) is 41.9 Å². The van der Waals surface area contributed by atoms with E-state index in [-0.39, 0.29) is 5.41 Å². The van der Waals surface area contributed by atoms with Crippen molar-refractivity contribution in [2.45, 2.75) is 19.3 Å². The topological polar surface area (TPSA) is 12.0 Å². The van der Waals surface area contributed by atoms with Crippen molar-refractivity contribution in [3.05, 3.63) is 47.5 Å². The van der Waals surface area contributed by atoms with Gasteiger partial charge in [0.15, 0.2) is 0 Å². The first-order chi connectivity index (χ1) is 7.02. The van der Waals surface area contributed by atoms with Crippen LogP contribution in [0.25, 0.3) is 0 Å². The molecule has 0 aromatic heterocycles. The molecule has 0 saturated carbocycles. The largest absolute Gasteiger partial charge is 0.311 e. The molecule has 0 radical (unpaired) electrons. The molecule has 0 spiro atoms. The number of benzene rings is 1. The summed E-state index contributed by atoms with van der Waals surface area (Å²) in [5.41, 5.74) is 1.45. The SMILES string of the molecule is C=C(Cl)CNCC(C)(C)c1ccccc1. The molecule has 0 fully saturated rings. The Kier molecular flexibility index (Phi) is 4.37. The van der Waals surface area contributed by atoms with Crippen LogP contribution in [0, 0.1) is 0 Å². The van der Waals surface area contributed by atoms with E-state index in [9.17, 15) is 0 Å². The highest BCUT2D eigenvalue weighted by atomic mass is 35.5. The summed E-state index contributed by atoms with van der Waals surface area (Å²) in [4.78, 5) is 0. The van der Waals surface area contributed by atoms with E-state index in [2.05, 4.69) is 50.0 Å². The fraction of sp³-hybridized carbons (Fsp3) is 0.385. The van der Waals surface area contributed by atoms with Crippen molar-refractivity contribution in [3.8, 4) is 0 Å². The minimum Gasteiger partial charge on any atom is -0.311 e. The Hall–Kier alpha value is -0.790. The predicted molar refractivity (Wildman–Crippen MR) is 67.3 cm³/mol. The van der Waals surface area contributed by atoms with Crippen molar-refractivity contribution < 1.29 is 0 Å². The summed E-state index contributed by atoms with van der Waals surface area (Å²) in [5, 5.41) is 3.94. The van der Waals surface area contributed by atoms with Gasteiger partial charge in [-0.2, -0.15) is 0 Å². The second-order valence-electron chi connectivity index (χ2n) is 4.37. The first kappa shape index (κ1) is 12.3. The third-order valence-electron chi connectivity index (χ3n) is 2.44. The summed E-state index contributed by atoms with van der Waals surface area (Å²) >= 11 is 5.70. The lowest BCUT2D eigenvalue weighted by Gasteiger charge is -2.25. The van der Waals surface area contributed by atoms with Crippen LogP contribution in [0.1, 0.15) is 19.4 Å². The third-order valence-corrected chi connectivity index (χ3v) is 2.57. The van der Waals surface area contributed by atoms with E-state index in [1.54, 1.807) is 0 Å². The van der Waals surface area contributed by atoms with Crippen LogP contribution in [0.4, 0.5) is 0 Å². The van der Waals surface area contributed by atoms with Crippen molar-refractivity contribution in [1.29, 1.82) is 0 Å². The Labute approximate surface area is 97.1 Å². The zero-order valence-corrected chi connectivity index (χ0v) is 10.1. The highest BCUT2D eigenvalue weighted by molar-refractivity contribution is 6.29. The van der Waals surface area contributed by atoms with Gasteiger partial charge < -0.3 is 5.32 Å². The summed E-state index contributed by atoms with van der Waals surface area (Å²) in [7, 11) is 0. The fourth-order valence-electron chi connectivity index (χ4n) is 1.50. The molecule has 15 heavy (non-hydrogen) atoms. The molecule has 0 atom stereocenters. The Morgan fingerprint density at radius 1 is 1.33 bits per heavy atom. The molecule has 1 rings (SSSR count). The minimum atomic E-state index is 0.119. The standard InChI is InChI=1S/C13H18ClN/c1-11(14)9-15-10-13(2,3)12-7-5-4-6-8-12/h4-8,15H,1,9-10H2,2-3H3. The van der Waals surface area contributed by atoms with Gasteiger partial charge in [0.2, 0.25) is 0 Å². The Bertz CT molecular complexity index is 317. The van der Waals surface area contributed by atoms with E-state index in [0.29, 0.717) is 11.6 Å². The third kappa shape index (κ3) is 4.06. The van der Waals surface area contributed by atoms with Gasteiger partial charge in [0.1, 0.15) is 0 Å². The molecule has 1 aromatic carbocycles. The van der Waals surface area contributed by atoms with E-state index in [1.807, 2.05) is 6.07 Å². The zero-order valence-electron chi connectivity index (χ0n) is 9.39. The van der Waals surface area contributed by atoms with E-state index in [4.69, 9.17) is 11.6 Å². The predicted octanol–water partition coefficient (Wildman–Crippen LogP) is 3.31. The number of nitrogens with one attached hydrogen (secondary N) is 1. The lowest BCUT2D eigenvalue weighted by atomic mass is 9.85. The molecule has 0 unspecified atom stereocenters. The van der Waals surface area contributed by atoms with Crippen LogP contribution in [0.2, 0.25) is 0 Å². The van der Waals surface area contributed by atoms with E-state index in [1.165, 1.54) is 5.56 Å². The summed E-state index contributed by atoms with van der Waals surface area (Å²) < 4.78 is 0. The Morgan fingerprint density at radius 2 is 1.93 bits per heavy atom. The molecule has 0 saturated heterocycles. The van der Waals surface area contributed by atoms with Crippen molar-refractivity contribution in [2.24, 2.45) is 0 Å². The van der Waals surface area contributed by atoms with Gasteiger partial charge in [-0.15, -0.1) is 0 Å². The zero-order chi connectivity index (χ0) is 11.3. The molecule has 0 bridgehead atoms. The molecule has 0 aliphatic heterocycles. The van der Waals surface area contributed by atoms with Gasteiger partial charge in [-0.1, -0.05) is 62.4 Å². The Morgan fingerprint density at radius 3 is 2.47 bits per heavy atom. The first-order valence-corrected chi connectivity index (χ1v) is 5.50. The summed E-state index contributed by atoms with van der Waals surface area (Å²) in [6.07, 6.45) is 0. The molecule has 2 heteroatoms. The molecule has 82 valence electrons. The van der Waals surface area contributed by atoms with Crippen molar-refractivity contribution in [3.63, 3.8) is 0 Å². The summed E-state index contributed by atoms with van der Waals surface area (Å²) in [5.74, 6) is 0. The van der Waals surface area contributed by atoms with Crippen molar-refractivity contribution in [2.75, 3.05) is 13.1 Å². The van der Waals surface area contributed by atoms with Crippen LogP contribution in [-0.2, 0) is 5.41 Å². The van der Waals surface area contributed by atoms with E-state index in [0.717, 1.165) is 6.54 Å². The van der Waals surface area contributed by atoms with Gasteiger partial charge in [0, 0.05) is 23.5 Å². The number of rotatable bonds is 5. The average Bonchev–Trinajstić information content (AvgIpc) is 2.18. The first-order valence-electron chi connectivity index (χ1n) is 5.12. The van der Waals surface area contributed by atoms with Crippen LogP contribution < -0.4 is 5.32 Å². The maximum absolute atomic E-state index is 5.70. The van der Waals surface area contributed by atoms with Crippen LogP contribution in [-0.4, -0.2) is 13.1 Å². The molecular formula is C13H18ClN. The van der Waals surface area contributed by atoms with Crippen LogP contribution in [0.5, 0.6) is 0 Å². The molecule has 0 heterocycles. The van der Waals surface area contributed by atoms with Crippen LogP contribution in [0.3, 0.4) is 0 Å². The van der Waals surface area contributed by atoms with Gasteiger partial charge in [0.05, 0.1) is 0 Å².